The lowest BCUT2D eigenvalue weighted by molar-refractivity contribution is 0.0274. The minimum atomic E-state index is -3.82. The number of hydrazine groups is 1. The van der Waals surface area contributed by atoms with Crippen molar-refractivity contribution in [3.63, 3.8) is 0 Å². The van der Waals surface area contributed by atoms with Gasteiger partial charge in [-0.1, -0.05) is 18.6 Å². The van der Waals surface area contributed by atoms with Crippen LogP contribution >= 0.6 is 0 Å². The number of morpholine rings is 1. The van der Waals surface area contributed by atoms with Crippen LogP contribution in [0.3, 0.4) is 0 Å². The summed E-state index contributed by atoms with van der Waals surface area (Å²) in [4.78, 5) is 2.53. The molecule has 1 fully saturated rings. The smallest absolute Gasteiger partial charge is 0.246 e. The average molecular weight is 547 g/mol. The van der Waals surface area contributed by atoms with Crippen molar-refractivity contribution in [3.05, 3.63) is 87.8 Å². The largest absolute Gasteiger partial charge is 0.379 e. The number of fused-ring (bicyclic) bond motifs is 1. The highest BCUT2D eigenvalue weighted by Gasteiger charge is 2.29. The molecule has 38 heavy (non-hydrogen) atoms. The molecular formula is C27H29F3N4O3S. The molecule has 0 radical (unpaired) electrons. The van der Waals surface area contributed by atoms with Gasteiger partial charge in [-0.2, -0.15) is 5.10 Å². The highest BCUT2D eigenvalue weighted by atomic mass is 32.2. The van der Waals surface area contributed by atoms with Gasteiger partial charge in [0.2, 0.25) is 10.0 Å². The van der Waals surface area contributed by atoms with Crippen LogP contribution in [0.5, 0.6) is 0 Å². The molecule has 1 saturated heterocycles. The second kappa shape index (κ2) is 11.4. The second-order valence-corrected chi connectivity index (χ2v) is 11.1. The third-order valence-electron chi connectivity index (χ3n) is 6.88. The molecule has 0 amide bonds. The summed E-state index contributed by atoms with van der Waals surface area (Å²) >= 11 is 0. The van der Waals surface area contributed by atoms with E-state index in [0.29, 0.717) is 44.8 Å². The molecule has 1 N–H and O–H groups in total. The van der Waals surface area contributed by atoms with E-state index in [1.807, 2.05) is 0 Å². The Bertz CT molecular complexity index is 1420. The first-order valence-electron chi connectivity index (χ1n) is 12.6. The summed E-state index contributed by atoms with van der Waals surface area (Å²) in [5.41, 5.74) is 3.02. The molecule has 3 aromatic rings. The number of hydrogen-bond acceptors (Lipinski definition) is 5. The zero-order valence-electron chi connectivity index (χ0n) is 20.7. The first-order chi connectivity index (χ1) is 18.3. The lowest BCUT2D eigenvalue weighted by Gasteiger charge is -2.25. The Kier molecular flexibility index (Phi) is 7.98. The molecule has 0 saturated carbocycles. The van der Waals surface area contributed by atoms with Crippen LogP contribution in [-0.4, -0.2) is 49.5 Å². The number of benzene rings is 2. The highest BCUT2D eigenvalue weighted by Crippen LogP contribution is 2.37. The van der Waals surface area contributed by atoms with Gasteiger partial charge in [-0.15, -0.1) is 4.83 Å². The Morgan fingerprint density at radius 3 is 2.50 bits per heavy atom. The summed E-state index contributed by atoms with van der Waals surface area (Å²) in [7, 11) is -3.82. The fourth-order valence-corrected chi connectivity index (χ4v) is 5.99. The van der Waals surface area contributed by atoms with Gasteiger partial charge in [-0.25, -0.2) is 31.3 Å². The molecule has 2 aliphatic rings. The topological polar surface area (TPSA) is 76.5 Å². The van der Waals surface area contributed by atoms with Crippen molar-refractivity contribution in [3.8, 4) is 5.69 Å². The average Bonchev–Trinajstić information content (AvgIpc) is 3.11. The van der Waals surface area contributed by atoms with Crippen molar-refractivity contribution in [1.82, 2.24) is 19.6 Å². The first kappa shape index (κ1) is 26.6. The molecule has 1 aromatic heterocycles. The Hall–Kier alpha value is -2.99. The molecule has 0 bridgehead atoms. The molecule has 2 aromatic carbocycles. The second-order valence-electron chi connectivity index (χ2n) is 9.57. The number of sulfonamides is 1. The Balaban J connectivity index is 1.55. The predicted octanol–water partition coefficient (Wildman–Crippen LogP) is 4.48. The molecule has 0 spiro atoms. The lowest BCUT2D eigenvalue weighted by atomic mass is 9.91. The maximum atomic E-state index is 15.0. The summed E-state index contributed by atoms with van der Waals surface area (Å²) in [5.74, 6) is -1.88. The number of rotatable bonds is 7. The van der Waals surface area contributed by atoms with Crippen LogP contribution in [0.15, 0.2) is 47.9 Å². The van der Waals surface area contributed by atoms with Crippen molar-refractivity contribution in [2.45, 2.75) is 38.0 Å². The van der Waals surface area contributed by atoms with E-state index in [1.54, 1.807) is 17.1 Å². The van der Waals surface area contributed by atoms with Gasteiger partial charge < -0.3 is 4.74 Å². The summed E-state index contributed by atoms with van der Waals surface area (Å²) in [6, 6.07) is 9.58. The molecule has 1 atom stereocenters. The molecule has 202 valence electrons. The molecule has 1 aliphatic heterocycles. The van der Waals surface area contributed by atoms with Gasteiger partial charge in [0.15, 0.2) is 5.82 Å². The van der Waals surface area contributed by atoms with E-state index in [1.165, 1.54) is 35.0 Å². The van der Waals surface area contributed by atoms with Crippen LogP contribution in [0.1, 0.15) is 47.7 Å². The van der Waals surface area contributed by atoms with E-state index in [9.17, 15) is 21.6 Å². The standard InChI is InChI=1S/C27H29F3N4O3S/c28-21-7-5-19(6-8-21)17-20-3-1-2-4-23-25(11-16-38(35,36)32-33-12-14-37-15-13-33)31-34(27(20)23)26-10-9-22(29)18-24(26)30/h5-11,16,18,20,32H,1-4,12-15,17H2/b16-11+. The maximum absolute atomic E-state index is 15.0. The van der Waals surface area contributed by atoms with Crippen LogP contribution in [0.4, 0.5) is 13.2 Å². The third kappa shape index (κ3) is 6.17. The fraction of sp³-hybridized carbons (Fsp3) is 0.370. The quantitative estimate of drug-likeness (QED) is 0.443. The normalized spacial score (nSPS) is 19.0. The van der Waals surface area contributed by atoms with Gasteiger partial charge >= 0.3 is 0 Å². The van der Waals surface area contributed by atoms with E-state index >= 15 is 0 Å². The van der Waals surface area contributed by atoms with Gasteiger partial charge in [-0.05, 0) is 61.6 Å². The van der Waals surface area contributed by atoms with Crippen LogP contribution in [0, 0.1) is 17.5 Å². The Labute approximate surface area is 219 Å². The summed E-state index contributed by atoms with van der Waals surface area (Å²) in [5, 5.41) is 7.28. The summed E-state index contributed by atoms with van der Waals surface area (Å²) in [6.07, 6.45) is 5.19. The Morgan fingerprint density at radius 1 is 1.03 bits per heavy atom. The molecule has 1 unspecified atom stereocenters. The van der Waals surface area contributed by atoms with Gasteiger partial charge in [0, 0.05) is 36.0 Å². The van der Waals surface area contributed by atoms with Crippen molar-refractivity contribution in [2.24, 2.45) is 0 Å². The minimum absolute atomic E-state index is 0.0832. The van der Waals surface area contributed by atoms with Gasteiger partial charge in [-0.3, -0.25) is 0 Å². The van der Waals surface area contributed by atoms with Crippen molar-refractivity contribution in [1.29, 1.82) is 0 Å². The molecule has 11 heteroatoms. The van der Waals surface area contributed by atoms with E-state index < -0.39 is 21.7 Å². The molecule has 5 rings (SSSR count). The SMILES string of the molecule is O=S(=O)(/C=C/c1nn(-c2ccc(F)cc2F)c2c1CCCCC2Cc1ccc(F)cc1)NN1CCOCC1. The van der Waals surface area contributed by atoms with E-state index in [-0.39, 0.29) is 17.4 Å². The zero-order valence-corrected chi connectivity index (χ0v) is 21.6. The van der Waals surface area contributed by atoms with E-state index in [2.05, 4.69) is 9.93 Å². The van der Waals surface area contributed by atoms with Crippen LogP contribution < -0.4 is 4.83 Å². The van der Waals surface area contributed by atoms with Crippen LogP contribution in [0.25, 0.3) is 11.8 Å². The molecule has 7 nitrogen and oxygen atoms in total. The highest BCUT2D eigenvalue weighted by molar-refractivity contribution is 7.92. The molecular weight excluding hydrogens is 517 g/mol. The minimum Gasteiger partial charge on any atom is -0.379 e. The van der Waals surface area contributed by atoms with Gasteiger partial charge in [0.05, 0.1) is 24.6 Å². The molecule has 1 aliphatic carbocycles. The lowest BCUT2D eigenvalue weighted by Crippen LogP contribution is -2.47. The van der Waals surface area contributed by atoms with Gasteiger partial charge in [0.1, 0.15) is 17.3 Å². The number of nitrogens with one attached hydrogen (secondary N) is 1. The van der Waals surface area contributed by atoms with Crippen molar-refractivity contribution < 1.29 is 26.3 Å². The monoisotopic (exact) mass is 546 g/mol. The van der Waals surface area contributed by atoms with Gasteiger partial charge in [0.25, 0.3) is 0 Å². The summed E-state index contributed by atoms with van der Waals surface area (Å²) in [6.45, 7) is 1.74. The molecule has 2 heterocycles. The fourth-order valence-electron chi connectivity index (χ4n) is 5.08. The number of hydrogen-bond donors (Lipinski definition) is 1. The summed E-state index contributed by atoms with van der Waals surface area (Å²) < 4.78 is 74.5. The van der Waals surface area contributed by atoms with Crippen LogP contribution in [0.2, 0.25) is 0 Å². The third-order valence-corrected chi connectivity index (χ3v) is 7.88. The number of nitrogens with zero attached hydrogens (tertiary/aromatic N) is 3. The predicted molar refractivity (Wildman–Crippen MR) is 137 cm³/mol. The van der Waals surface area contributed by atoms with E-state index in [0.717, 1.165) is 47.6 Å². The van der Waals surface area contributed by atoms with Crippen LogP contribution in [-0.2, 0) is 27.6 Å². The first-order valence-corrected chi connectivity index (χ1v) is 14.2. The number of halogens is 3. The number of ether oxygens (including phenoxy) is 1. The zero-order chi connectivity index (χ0) is 26.7. The number of aromatic nitrogens is 2. The van der Waals surface area contributed by atoms with Crippen molar-refractivity contribution in [2.75, 3.05) is 26.3 Å². The Morgan fingerprint density at radius 2 is 1.76 bits per heavy atom. The van der Waals surface area contributed by atoms with Crippen molar-refractivity contribution >= 4 is 16.1 Å². The van der Waals surface area contributed by atoms with E-state index in [4.69, 9.17) is 4.74 Å². The maximum Gasteiger partial charge on any atom is 0.246 e.